The number of fused-ring (bicyclic) bond motifs is 5. The van der Waals surface area contributed by atoms with Gasteiger partial charge in [0.05, 0.1) is 5.69 Å². The Kier molecular flexibility index (Phi) is 11.7. The van der Waals surface area contributed by atoms with Crippen molar-refractivity contribution in [2.75, 3.05) is 16.4 Å². The minimum Gasteiger partial charge on any atom is -1.00 e. The van der Waals surface area contributed by atoms with Crippen molar-refractivity contribution in [1.82, 2.24) is 0 Å². The molecule has 4 aliphatic rings. The number of hydrogen-bond donors (Lipinski definition) is 3. The van der Waals surface area contributed by atoms with Gasteiger partial charge in [-0.25, -0.2) is 4.98 Å². The summed E-state index contributed by atoms with van der Waals surface area (Å²) in [4.78, 5) is 51.3. The Hall–Kier alpha value is -3.86. The minimum atomic E-state index is -0.329. The molecule has 0 saturated heterocycles. The number of hydrogen-bond acceptors (Lipinski definition) is 9. The summed E-state index contributed by atoms with van der Waals surface area (Å²) in [6.07, 6.45) is 6.15. The van der Waals surface area contributed by atoms with Gasteiger partial charge in [0.25, 0.3) is 19.4 Å². The van der Waals surface area contributed by atoms with Gasteiger partial charge in [-0.05, 0) is 105 Å². The van der Waals surface area contributed by atoms with E-state index in [9.17, 15) is 19.2 Å². The molecule has 11 unspecified atom stereocenters. The quantitative estimate of drug-likeness (QED) is 0.210. The number of nitrogen functional groups attached to an aromatic ring is 1. The van der Waals surface area contributed by atoms with E-state index in [1.165, 1.54) is 0 Å². The molecule has 4 saturated carbocycles. The van der Waals surface area contributed by atoms with Crippen molar-refractivity contribution in [3.8, 4) is 0 Å². The number of benzene rings is 1. The van der Waals surface area contributed by atoms with Gasteiger partial charge in [-0.1, -0.05) is 39.0 Å². The van der Waals surface area contributed by atoms with Crippen LogP contribution in [0.5, 0.6) is 0 Å². The molecule has 0 bridgehead atoms. The second-order valence-corrected chi connectivity index (χ2v) is 15.4. The fourth-order valence-corrected chi connectivity index (χ4v) is 10.9. The van der Waals surface area contributed by atoms with E-state index < -0.39 is 0 Å². The molecule has 0 radical (unpaired) electrons. The molecule has 6 rings (SSSR count). The lowest BCUT2D eigenvalue weighted by Gasteiger charge is -2.64. The molecule has 1 amide bonds. The molecule has 1 heterocycles. The molecular weight excluding hydrogens is 660 g/mol. The van der Waals surface area contributed by atoms with Crippen LogP contribution in [0.1, 0.15) is 78.6 Å². The number of nitrogens with one attached hydrogen (secondary N) is 3. The maximum atomic E-state index is 13.2. The van der Waals surface area contributed by atoms with Crippen LogP contribution in [0.4, 0.5) is 23.0 Å². The van der Waals surface area contributed by atoms with Crippen LogP contribution >= 0.6 is 0 Å². The topological polar surface area (TPSA) is 160 Å². The summed E-state index contributed by atoms with van der Waals surface area (Å²) >= 11 is 0. The second-order valence-electron chi connectivity index (χ2n) is 15.4. The van der Waals surface area contributed by atoms with Gasteiger partial charge >= 0.3 is 0 Å². The number of halogens is 1. The van der Waals surface area contributed by atoms with Crippen LogP contribution < -0.4 is 33.8 Å². The van der Waals surface area contributed by atoms with Crippen molar-refractivity contribution in [2.45, 2.75) is 96.9 Å². The summed E-state index contributed by atoms with van der Waals surface area (Å²) < 4.78 is 17.3. The predicted molar refractivity (Wildman–Crippen MR) is 183 cm³/mol. The highest BCUT2D eigenvalue weighted by molar-refractivity contribution is 5.92. The minimum absolute atomic E-state index is 0. The first-order chi connectivity index (χ1) is 23.6. The summed E-state index contributed by atoms with van der Waals surface area (Å²) in [5.74, 6) is 2.14. The first kappa shape index (κ1) is 37.4. The van der Waals surface area contributed by atoms with Gasteiger partial charge in [0.2, 0.25) is 17.5 Å². The number of amides is 1. The van der Waals surface area contributed by atoms with Crippen molar-refractivity contribution in [2.24, 2.45) is 46.3 Å². The van der Waals surface area contributed by atoms with Crippen LogP contribution in [0, 0.1) is 46.3 Å². The summed E-state index contributed by atoms with van der Waals surface area (Å²) in [5.41, 5.74) is 7.34. The first-order valence-corrected chi connectivity index (χ1v) is 17.8. The molecule has 1 aromatic heterocycles. The Morgan fingerprint density at radius 1 is 0.960 bits per heavy atom. The zero-order chi connectivity index (χ0) is 34.8. The number of H-pyrrole nitrogens is 1. The van der Waals surface area contributed by atoms with Gasteiger partial charge in [-0.2, -0.15) is 0 Å². The lowest BCUT2D eigenvalue weighted by molar-refractivity contribution is -0.342. The molecule has 4 aliphatic carbocycles. The maximum absolute atomic E-state index is 13.2. The number of pyridine rings is 1. The maximum Gasteiger partial charge on any atom is 0.293 e. The molecule has 50 heavy (non-hydrogen) atoms. The van der Waals surface area contributed by atoms with Crippen molar-refractivity contribution in [3.05, 3.63) is 42.5 Å². The molecule has 272 valence electrons. The van der Waals surface area contributed by atoms with E-state index >= 15 is 0 Å². The number of carbonyl (C=O) groups excluding carboxylic acids is 4. The Morgan fingerprint density at radius 2 is 1.70 bits per heavy atom. The van der Waals surface area contributed by atoms with Crippen LogP contribution in [0.3, 0.4) is 0 Å². The second kappa shape index (κ2) is 15.6. The number of nitrogens with two attached hydrogens (primary N) is 1. The standard InChI is InChI=1S/C38H50N4O7.ClH/c1-23(9-14-34(46)41-30-12-13-33(42-36(30)39)40-25-7-5-4-6-8-25)27-10-11-28-35-29(19-32(49-22-45)38(27,28)3)37(2)16-15-26(47-20-43)17-24(37)18-31(35)48-21-44;/h4-8,12-13,20-24,26-29,31-32,35H,9-11,14-19H2,1-3H3,(H,41,46)(H3,39,40,42);1H. The van der Waals surface area contributed by atoms with Gasteiger partial charge in [-0.15, -0.1) is 0 Å². The molecule has 5 N–H and O–H groups in total. The van der Waals surface area contributed by atoms with Gasteiger partial charge in [0.1, 0.15) is 24.0 Å². The Bertz CT molecular complexity index is 1520. The Balaban J connectivity index is 0.00000486. The third-order valence-electron chi connectivity index (χ3n) is 13.3. The van der Waals surface area contributed by atoms with E-state index in [-0.39, 0.29) is 83.0 Å². The smallest absolute Gasteiger partial charge is 0.293 e. The largest absolute Gasteiger partial charge is 1.00 e. The molecule has 4 fully saturated rings. The number of anilines is 4. The fraction of sp³-hybridized carbons (Fsp3) is 0.605. The van der Waals surface area contributed by atoms with Gasteiger partial charge in [0.15, 0.2) is 0 Å². The molecule has 2 aromatic rings. The number of rotatable bonds is 13. The average molecular weight is 711 g/mol. The van der Waals surface area contributed by atoms with Crippen LogP contribution in [-0.2, 0) is 33.4 Å². The Labute approximate surface area is 300 Å². The van der Waals surface area contributed by atoms with E-state index in [2.05, 4.69) is 36.4 Å². The zero-order valence-corrected chi connectivity index (χ0v) is 29.9. The highest BCUT2D eigenvalue weighted by Gasteiger charge is 2.67. The van der Waals surface area contributed by atoms with Crippen molar-refractivity contribution < 1.29 is 50.8 Å². The molecular formula is C38H51ClN4O7. The van der Waals surface area contributed by atoms with Crippen molar-refractivity contribution >= 4 is 48.3 Å². The molecule has 11 nitrogen and oxygen atoms in total. The number of aromatic nitrogens is 1. The summed E-state index contributed by atoms with van der Waals surface area (Å²) in [6.45, 7) is 8.53. The normalized spacial score (nSPS) is 34.6. The summed E-state index contributed by atoms with van der Waals surface area (Å²) in [5, 5.41) is 6.23. The van der Waals surface area contributed by atoms with Crippen LogP contribution in [0.2, 0.25) is 0 Å². The Morgan fingerprint density at radius 3 is 2.40 bits per heavy atom. The lowest BCUT2D eigenvalue weighted by Crippen LogP contribution is -3.00. The highest BCUT2D eigenvalue weighted by atomic mass is 35.5. The number of ether oxygens (including phenoxy) is 3. The molecule has 1 aromatic carbocycles. The average Bonchev–Trinajstić information content (AvgIpc) is 3.45. The third kappa shape index (κ3) is 7.02. The highest BCUT2D eigenvalue weighted by Crippen LogP contribution is 2.69. The first-order valence-electron chi connectivity index (χ1n) is 17.8. The molecule has 12 heteroatoms. The van der Waals surface area contributed by atoms with E-state index in [1.807, 2.05) is 36.4 Å². The molecule has 0 spiro atoms. The van der Waals surface area contributed by atoms with Crippen LogP contribution in [-0.4, -0.2) is 43.6 Å². The number of para-hydroxylation sites is 1. The SMILES string of the molecule is CC(CCC(=O)Nc1ccc(Nc2ccccc2)[nH+]c1N)C1CCC2C3C(OC=O)CC4CC(OC=O)CCC4(C)C3CC(OC=O)C12C.[Cl-]. The van der Waals surface area contributed by atoms with Crippen LogP contribution in [0.25, 0.3) is 0 Å². The summed E-state index contributed by atoms with van der Waals surface area (Å²) in [6, 6.07) is 13.4. The molecule has 0 aliphatic heterocycles. The van der Waals surface area contributed by atoms with Gasteiger partial charge < -0.3 is 37.7 Å². The van der Waals surface area contributed by atoms with E-state index in [4.69, 9.17) is 19.9 Å². The zero-order valence-electron chi connectivity index (χ0n) is 29.1. The summed E-state index contributed by atoms with van der Waals surface area (Å²) in [7, 11) is 0. The van der Waals surface area contributed by atoms with Crippen molar-refractivity contribution in [3.63, 3.8) is 0 Å². The van der Waals surface area contributed by atoms with Crippen molar-refractivity contribution in [1.29, 1.82) is 0 Å². The number of carbonyl (C=O) groups is 4. The third-order valence-corrected chi connectivity index (χ3v) is 13.3. The van der Waals surface area contributed by atoms with E-state index in [0.29, 0.717) is 56.0 Å². The fourth-order valence-electron chi connectivity index (χ4n) is 10.9. The number of aromatic amines is 1. The van der Waals surface area contributed by atoms with Gasteiger partial charge in [0, 0.05) is 23.8 Å². The van der Waals surface area contributed by atoms with Crippen LogP contribution in [0.15, 0.2) is 42.5 Å². The van der Waals surface area contributed by atoms with Gasteiger partial charge in [-0.3, -0.25) is 24.5 Å². The molecule has 11 atom stereocenters. The van der Waals surface area contributed by atoms with E-state index in [1.54, 1.807) is 6.07 Å². The van der Waals surface area contributed by atoms with E-state index in [0.717, 1.165) is 44.2 Å². The monoisotopic (exact) mass is 710 g/mol. The predicted octanol–water partition coefficient (Wildman–Crippen LogP) is 2.69. The lowest BCUT2D eigenvalue weighted by atomic mass is 9.43.